The first-order valence-corrected chi connectivity index (χ1v) is 7.12. The number of anilines is 1. The average Bonchev–Trinajstić information content (AvgIpc) is 2.49. The fourth-order valence-corrected chi connectivity index (χ4v) is 2.76. The fraction of sp³-hybridized carbons (Fsp3) is 0.286. The van der Waals surface area contributed by atoms with E-state index in [1.54, 1.807) is 0 Å². The van der Waals surface area contributed by atoms with E-state index in [4.69, 9.17) is 4.74 Å². The van der Waals surface area contributed by atoms with E-state index in [-0.39, 0.29) is 6.10 Å². The third kappa shape index (κ3) is 2.81. The molecule has 1 aliphatic heterocycles. The molecular formula is C14H13BrFN3O. The topological polar surface area (TPSA) is 38.2 Å². The highest BCUT2D eigenvalue weighted by Crippen LogP contribution is 2.29. The van der Waals surface area contributed by atoms with Crippen molar-refractivity contribution in [2.45, 2.75) is 6.10 Å². The smallest absolute Gasteiger partial charge is 0.225 e. The molecule has 3 rings (SSSR count). The lowest BCUT2D eigenvalue weighted by Crippen LogP contribution is -2.39. The monoisotopic (exact) mass is 337 g/mol. The maximum absolute atomic E-state index is 12.9. The minimum absolute atomic E-state index is 0.0482. The van der Waals surface area contributed by atoms with Gasteiger partial charge in [-0.05, 0) is 11.6 Å². The Labute approximate surface area is 124 Å². The van der Waals surface area contributed by atoms with Crippen LogP contribution in [0.1, 0.15) is 11.7 Å². The van der Waals surface area contributed by atoms with Crippen LogP contribution in [0.25, 0.3) is 0 Å². The number of morpholine rings is 1. The summed E-state index contributed by atoms with van der Waals surface area (Å²) in [6.45, 7) is 1.94. The quantitative estimate of drug-likeness (QED) is 0.844. The molecule has 0 amide bonds. The number of hydrogen-bond acceptors (Lipinski definition) is 4. The molecule has 20 heavy (non-hydrogen) atoms. The summed E-state index contributed by atoms with van der Waals surface area (Å²) in [6, 6.07) is 7.98. The van der Waals surface area contributed by atoms with Crippen molar-refractivity contribution in [3.05, 3.63) is 52.5 Å². The van der Waals surface area contributed by atoms with E-state index in [0.29, 0.717) is 25.6 Å². The number of aromatic nitrogens is 2. The number of halogens is 2. The van der Waals surface area contributed by atoms with Gasteiger partial charge < -0.3 is 9.64 Å². The van der Waals surface area contributed by atoms with E-state index in [1.165, 1.54) is 12.4 Å². The van der Waals surface area contributed by atoms with Gasteiger partial charge in [-0.15, -0.1) is 0 Å². The highest BCUT2D eigenvalue weighted by Gasteiger charge is 2.24. The number of benzene rings is 1. The van der Waals surface area contributed by atoms with Crippen LogP contribution in [0.5, 0.6) is 0 Å². The van der Waals surface area contributed by atoms with E-state index in [9.17, 15) is 4.39 Å². The van der Waals surface area contributed by atoms with Crippen molar-refractivity contribution in [2.24, 2.45) is 0 Å². The molecule has 2 aromatic rings. The molecule has 0 N–H and O–H groups in total. The van der Waals surface area contributed by atoms with Gasteiger partial charge in [-0.2, -0.15) is 0 Å². The molecule has 1 fully saturated rings. The Kier molecular flexibility index (Phi) is 3.93. The van der Waals surface area contributed by atoms with Crippen molar-refractivity contribution in [1.82, 2.24) is 9.97 Å². The molecule has 104 valence electrons. The predicted octanol–water partition coefficient (Wildman–Crippen LogP) is 2.96. The summed E-state index contributed by atoms with van der Waals surface area (Å²) in [5, 5.41) is 0. The third-order valence-electron chi connectivity index (χ3n) is 3.21. The van der Waals surface area contributed by atoms with Crippen LogP contribution in [-0.4, -0.2) is 29.7 Å². The van der Waals surface area contributed by atoms with Gasteiger partial charge in [0.05, 0.1) is 25.5 Å². The van der Waals surface area contributed by atoms with E-state index >= 15 is 0 Å². The lowest BCUT2D eigenvalue weighted by molar-refractivity contribution is 0.0387. The first-order chi connectivity index (χ1) is 9.74. The molecule has 1 aromatic carbocycles. The number of hydrogen-bond donors (Lipinski definition) is 0. The van der Waals surface area contributed by atoms with Gasteiger partial charge in [-0.1, -0.05) is 34.1 Å². The first kappa shape index (κ1) is 13.5. The SMILES string of the molecule is Fc1cnc(N2CCO[C@@H](c3ccccc3Br)C2)nc1. The molecule has 1 aromatic heterocycles. The summed E-state index contributed by atoms with van der Waals surface area (Å²) < 4.78 is 19.7. The third-order valence-corrected chi connectivity index (χ3v) is 3.93. The van der Waals surface area contributed by atoms with Gasteiger partial charge >= 0.3 is 0 Å². The molecule has 1 saturated heterocycles. The average molecular weight is 338 g/mol. The van der Waals surface area contributed by atoms with E-state index in [1.807, 2.05) is 29.2 Å². The molecule has 0 saturated carbocycles. The number of nitrogens with zero attached hydrogens (tertiary/aromatic N) is 3. The number of rotatable bonds is 2. The molecule has 6 heteroatoms. The van der Waals surface area contributed by atoms with Crippen LogP contribution in [-0.2, 0) is 4.74 Å². The van der Waals surface area contributed by atoms with Crippen LogP contribution in [0.4, 0.5) is 10.3 Å². The normalized spacial score (nSPS) is 19.1. The van der Waals surface area contributed by atoms with Crippen molar-refractivity contribution in [2.75, 3.05) is 24.6 Å². The van der Waals surface area contributed by atoms with Crippen LogP contribution < -0.4 is 4.90 Å². The Morgan fingerprint density at radius 1 is 1.25 bits per heavy atom. The van der Waals surface area contributed by atoms with E-state index in [0.717, 1.165) is 10.0 Å². The summed E-state index contributed by atoms with van der Waals surface area (Å²) in [7, 11) is 0. The maximum Gasteiger partial charge on any atom is 0.225 e. The Balaban J connectivity index is 1.80. The van der Waals surface area contributed by atoms with Crippen molar-refractivity contribution >= 4 is 21.9 Å². The summed E-state index contributed by atoms with van der Waals surface area (Å²) in [5.74, 6) is 0.108. The van der Waals surface area contributed by atoms with Crippen LogP contribution in [0, 0.1) is 5.82 Å². The lowest BCUT2D eigenvalue weighted by Gasteiger charge is -2.33. The highest BCUT2D eigenvalue weighted by molar-refractivity contribution is 9.10. The molecule has 0 unspecified atom stereocenters. The maximum atomic E-state index is 12.9. The van der Waals surface area contributed by atoms with Gasteiger partial charge in [0.15, 0.2) is 5.82 Å². The molecule has 0 radical (unpaired) electrons. The minimum Gasteiger partial charge on any atom is -0.370 e. The van der Waals surface area contributed by atoms with Crippen molar-refractivity contribution in [3.63, 3.8) is 0 Å². The fourth-order valence-electron chi connectivity index (χ4n) is 2.22. The van der Waals surface area contributed by atoms with Gasteiger partial charge in [0.1, 0.15) is 6.10 Å². The zero-order valence-corrected chi connectivity index (χ0v) is 12.3. The van der Waals surface area contributed by atoms with Crippen molar-refractivity contribution in [3.8, 4) is 0 Å². The Hall–Kier alpha value is -1.53. The van der Waals surface area contributed by atoms with Gasteiger partial charge in [-0.25, -0.2) is 14.4 Å². The second kappa shape index (κ2) is 5.85. The Morgan fingerprint density at radius 3 is 2.75 bits per heavy atom. The highest BCUT2D eigenvalue weighted by atomic mass is 79.9. The zero-order chi connectivity index (χ0) is 13.9. The molecule has 4 nitrogen and oxygen atoms in total. The van der Waals surface area contributed by atoms with E-state index in [2.05, 4.69) is 25.9 Å². The van der Waals surface area contributed by atoms with Crippen LogP contribution in [0.2, 0.25) is 0 Å². The van der Waals surface area contributed by atoms with Crippen LogP contribution in [0.3, 0.4) is 0 Å². The lowest BCUT2D eigenvalue weighted by atomic mass is 10.1. The molecular weight excluding hydrogens is 325 g/mol. The summed E-state index contributed by atoms with van der Waals surface area (Å²) in [5.41, 5.74) is 1.10. The molecule has 0 aliphatic carbocycles. The van der Waals surface area contributed by atoms with Gasteiger partial charge in [0.2, 0.25) is 5.95 Å². The summed E-state index contributed by atoms with van der Waals surface area (Å²) in [6.07, 6.45) is 2.32. The zero-order valence-electron chi connectivity index (χ0n) is 10.7. The van der Waals surface area contributed by atoms with Gasteiger partial charge in [0.25, 0.3) is 0 Å². The summed E-state index contributed by atoms with van der Waals surface area (Å²) in [4.78, 5) is 10.1. The molecule has 1 atom stereocenters. The predicted molar refractivity (Wildman–Crippen MR) is 77.0 cm³/mol. The standard InChI is InChI=1S/C14H13BrFN3O/c15-12-4-2-1-3-11(12)13-9-19(5-6-20-13)14-17-7-10(16)8-18-14/h1-4,7-8,13H,5-6,9H2/t13-/m1/s1. The molecule has 0 spiro atoms. The summed E-state index contributed by atoms with van der Waals surface area (Å²) >= 11 is 3.54. The second-order valence-corrected chi connectivity index (χ2v) is 5.38. The van der Waals surface area contributed by atoms with Gasteiger partial charge in [0, 0.05) is 11.0 Å². The first-order valence-electron chi connectivity index (χ1n) is 6.32. The number of ether oxygens (including phenoxy) is 1. The minimum atomic E-state index is -0.427. The van der Waals surface area contributed by atoms with Gasteiger partial charge in [-0.3, -0.25) is 0 Å². The van der Waals surface area contributed by atoms with Crippen LogP contribution in [0.15, 0.2) is 41.1 Å². The molecule has 0 bridgehead atoms. The van der Waals surface area contributed by atoms with Crippen molar-refractivity contribution in [1.29, 1.82) is 0 Å². The Morgan fingerprint density at radius 2 is 2.00 bits per heavy atom. The molecule has 1 aliphatic rings. The Bertz CT molecular complexity index is 593. The largest absolute Gasteiger partial charge is 0.370 e. The van der Waals surface area contributed by atoms with Crippen LogP contribution >= 0.6 is 15.9 Å². The van der Waals surface area contributed by atoms with E-state index < -0.39 is 5.82 Å². The molecule has 2 heterocycles. The van der Waals surface area contributed by atoms with Crippen molar-refractivity contribution < 1.29 is 9.13 Å². The second-order valence-electron chi connectivity index (χ2n) is 4.53.